The van der Waals surface area contributed by atoms with Gasteiger partial charge in [0.2, 0.25) is 16.3 Å². The maximum absolute atomic E-state index is 13.4. The molecule has 13 heteroatoms. The number of amides is 1. The lowest BCUT2D eigenvalue weighted by Gasteiger charge is -2.30. The smallest absolute Gasteiger partial charge is 0.286 e. The van der Waals surface area contributed by atoms with Gasteiger partial charge in [-0.25, -0.2) is 12.8 Å². The minimum Gasteiger partial charge on any atom is -0.497 e. The standard InChI is InChI=1S/C33H33FN2O9S/c1-42-25-10-12-26(13-11-25)46(40,41)36(14-16-37)15-17-43-31-19-23(28-21-44-29-5-3-2-4-27(29)32(28)38)18-30(45-31)33(39)35-20-22-6-8-24(34)9-7-22/h2-13,18,21,23,31,37H,14-17,19-20H2,1H3,(H,35,39). The predicted molar refractivity (Wildman–Crippen MR) is 166 cm³/mol. The minimum absolute atomic E-state index is 0.0156. The van der Waals surface area contributed by atoms with Gasteiger partial charge in [0.15, 0.2) is 11.2 Å². The Morgan fingerprint density at radius 3 is 2.52 bits per heavy atom. The van der Waals surface area contributed by atoms with E-state index in [0.29, 0.717) is 27.8 Å². The number of para-hydroxylation sites is 1. The average Bonchev–Trinajstić information content (AvgIpc) is 3.07. The van der Waals surface area contributed by atoms with Crippen molar-refractivity contribution in [3.8, 4) is 5.75 Å². The molecule has 11 nitrogen and oxygen atoms in total. The molecule has 0 bridgehead atoms. The number of nitrogens with one attached hydrogen (secondary N) is 1. The van der Waals surface area contributed by atoms with E-state index in [4.69, 9.17) is 18.6 Å². The number of fused-ring (bicyclic) bond motifs is 1. The monoisotopic (exact) mass is 652 g/mol. The van der Waals surface area contributed by atoms with Gasteiger partial charge in [-0.2, -0.15) is 4.31 Å². The van der Waals surface area contributed by atoms with Crippen molar-refractivity contribution < 1.29 is 41.3 Å². The van der Waals surface area contributed by atoms with Gasteiger partial charge in [-0.05, 0) is 60.2 Å². The van der Waals surface area contributed by atoms with Crippen LogP contribution in [0.5, 0.6) is 5.75 Å². The summed E-state index contributed by atoms with van der Waals surface area (Å²) in [6, 6.07) is 18.3. The Hall–Kier alpha value is -4.56. The highest BCUT2D eigenvalue weighted by Crippen LogP contribution is 2.31. The number of ether oxygens (including phenoxy) is 3. The molecule has 1 aliphatic heterocycles. The van der Waals surface area contributed by atoms with Crippen molar-refractivity contribution in [2.24, 2.45) is 0 Å². The number of nitrogens with zero attached hydrogens (tertiary/aromatic N) is 1. The molecule has 0 radical (unpaired) electrons. The summed E-state index contributed by atoms with van der Waals surface area (Å²) >= 11 is 0. The van der Waals surface area contributed by atoms with E-state index < -0.39 is 40.6 Å². The fourth-order valence-electron chi connectivity index (χ4n) is 5.00. The summed E-state index contributed by atoms with van der Waals surface area (Å²) in [6.45, 7) is -0.790. The summed E-state index contributed by atoms with van der Waals surface area (Å²) in [4.78, 5) is 26.6. The zero-order valence-electron chi connectivity index (χ0n) is 24.9. The first-order valence-corrected chi connectivity index (χ1v) is 15.9. The Balaban J connectivity index is 1.34. The highest BCUT2D eigenvalue weighted by molar-refractivity contribution is 7.89. The fraction of sp³-hybridized carbons (Fsp3) is 0.273. The second kappa shape index (κ2) is 14.7. The second-order valence-corrected chi connectivity index (χ2v) is 12.4. The van der Waals surface area contributed by atoms with E-state index in [1.54, 1.807) is 36.4 Å². The highest BCUT2D eigenvalue weighted by Gasteiger charge is 2.31. The van der Waals surface area contributed by atoms with Crippen LogP contribution in [0.2, 0.25) is 0 Å². The Morgan fingerprint density at radius 1 is 1.07 bits per heavy atom. The normalized spacial score (nSPS) is 16.6. The van der Waals surface area contributed by atoms with Crippen molar-refractivity contribution in [2.75, 3.05) is 33.4 Å². The largest absolute Gasteiger partial charge is 0.497 e. The van der Waals surface area contributed by atoms with Crippen LogP contribution in [-0.2, 0) is 30.8 Å². The number of hydrogen-bond donors (Lipinski definition) is 2. The molecule has 3 aromatic carbocycles. The van der Waals surface area contributed by atoms with E-state index >= 15 is 0 Å². The van der Waals surface area contributed by atoms with Gasteiger partial charge in [0.05, 0.1) is 36.9 Å². The Labute approximate surface area is 264 Å². The molecular formula is C33H33FN2O9S. The van der Waals surface area contributed by atoms with Gasteiger partial charge in [0.25, 0.3) is 5.91 Å². The fourth-order valence-corrected chi connectivity index (χ4v) is 6.42. The number of benzene rings is 3. The van der Waals surface area contributed by atoms with E-state index in [0.717, 1.165) is 4.31 Å². The summed E-state index contributed by atoms with van der Waals surface area (Å²) in [7, 11) is -2.52. The first kappa shape index (κ1) is 32.8. The Bertz CT molecular complexity index is 1860. The van der Waals surface area contributed by atoms with E-state index in [2.05, 4.69) is 5.32 Å². The molecule has 0 saturated heterocycles. The first-order chi connectivity index (χ1) is 22.2. The third kappa shape index (κ3) is 7.62. The van der Waals surface area contributed by atoms with Crippen LogP contribution in [0, 0.1) is 5.82 Å². The molecule has 1 aliphatic rings. The number of aliphatic hydroxyl groups is 1. The zero-order chi connectivity index (χ0) is 32.7. The number of aliphatic hydroxyl groups excluding tert-OH is 1. The molecule has 46 heavy (non-hydrogen) atoms. The zero-order valence-corrected chi connectivity index (χ0v) is 25.7. The number of hydrogen-bond acceptors (Lipinski definition) is 9. The Morgan fingerprint density at radius 2 is 1.80 bits per heavy atom. The third-order valence-electron chi connectivity index (χ3n) is 7.44. The number of halogens is 1. The Kier molecular flexibility index (Phi) is 10.5. The summed E-state index contributed by atoms with van der Waals surface area (Å²) in [5, 5.41) is 12.7. The van der Waals surface area contributed by atoms with Crippen LogP contribution in [0.4, 0.5) is 4.39 Å². The quantitative estimate of drug-likeness (QED) is 0.221. The number of rotatable bonds is 13. The van der Waals surface area contributed by atoms with Crippen LogP contribution >= 0.6 is 0 Å². The van der Waals surface area contributed by atoms with Crippen LogP contribution in [-0.4, -0.2) is 63.4 Å². The van der Waals surface area contributed by atoms with Crippen molar-refractivity contribution >= 4 is 26.9 Å². The van der Waals surface area contributed by atoms with Crippen molar-refractivity contribution in [3.05, 3.63) is 118 Å². The van der Waals surface area contributed by atoms with E-state index in [1.165, 1.54) is 55.8 Å². The molecule has 1 amide bonds. The SMILES string of the molecule is COc1ccc(S(=O)(=O)N(CCO)CCOC2CC(c3coc4ccccc4c3=O)C=C(C(=O)NCc3ccc(F)cc3)O2)cc1. The molecule has 2 atom stereocenters. The van der Waals surface area contributed by atoms with Gasteiger partial charge in [-0.15, -0.1) is 0 Å². The third-order valence-corrected chi connectivity index (χ3v) is 9.36. The lowest BCUT2D eigenvalue weighted by Crippen LogP contribution is -2.38. The van der Waals surface area contributed by atoms with Crippen LogP contribution in [0.3, 0.4) is 0 Å². The van der Waals surface area contributed by atoms with E-state index in [1.807, 2.05) is 0 Å². The summed E-state index contributed by atoms with van der Waals surface area (Å²) in [5.74, 6) is -1.24. The van der Waals surface area contributed by atoms with Gasteiger partial charge >= 0.3 is 0 Å². The molecule has 0 spiro atoms. The second-order valence-electron chi connectivity index (χ2n) is 10.4. The summed E-state index contributed by atoms with van der Waals surface area (Å²) < 4.78 is 63.6. The number of methoxy groups -OCH3 is 1. The number of carbonyl (C=O) groups excluding carboxylic acids is 1. The molecule has 5 rings (SSSR count). The van der Waals surface area contributed by atoms with Gasteiger partial charge in [0.1, 0.15) is 17.1 Å². The van der Waals surface area contributed by atoms with Crippen molar-refractivity contribution in [1.29, 1.82) is 0 Å². The molecule has 4 aromatic rings. The maximum atomic E-state index is 13.4. The van der Waals surface area contributed by atoms with Crippen molar-refractivity contribution in [2.45, 2.75) is 30.1 Å². The summed E-state index contributed by atoms with van der Waals surface area (Å²) in [5.41, 5.74) is 1.10. The molecule has 0 aliphatic carbocycles. The van der Waals surface area contributed by atoms with Crippen LogP contribution < -0.4 is 15.5 Å². The first-order valence-electron chi connectivity index (χ1n) is 14.5. The molecule has 2 unspecified atom stereocenters. The molecule has 1 aromatic heterocycles. The van der Waals surface area contributed by atoms with Gasteiger partial charge in [-0.1, -0.05) is 24.3 Å². The molecule has 242 valence electrons. The molecule has 2 heterocycles. The minimum atomic E-state index is -3.99. The lowest BCUT2D eigenvalue weighted by molar-refractivity contribution is -0.146. The van der Waals surface area contributed by atoms with Gasteiger partial charge in [0, 0.05) is 37.5 Å². The predicted octanol–water partition coefficient (Wildman–Crippen LogP) is 3.67. The molecule has 2 N–H and O–H groups in total. The van der Waals surface area contributed by atoms with Gasteiger partial charge < -0.3 is 29.1 Å². The molecule has 0 fully saturated rings. The van der Waals surface area contributed by atoms with Crippen molar-refractivity contribution in [3.63, 3.8) is 0 Å². The maximum Gasteiger partial charge on any atom is 0.286 e. The average molecular weight is 653 g/mol. The van der Waals surface area contributed by atoms with Gasteiger partial charge in [-0.3, -0.25) is 9.59 Å². The molecule has 0 saturated carbocycles. The summed E-state index contributed by atoms with van der Waals surface area (Å²) in [6.07, 6.45) is 1.97. The van der Waals surface area contributed by atoms with E-state index in [-0.39, 0.29) is 48.7 Å². The number of allylic oxidation sites excluding steroid dienone is 1. The highest BCUT2D eigenvalue weighted by atomic mass is 32.2. The molecular weight excluding hydrogens is 619 g/mol. The number of carbonyl (C=O) groups is 1. The van der Waals surface area contributed by atoms with Crippen LogP contribution in [0.1, 0.15) is 23.5 Å². The lowest BCUT2D eigenvalue weighted by atomic mass is 9.93. The van der Waals surface area contributed by atoms with E-state index in [9.17, 15) is 27.5 Å². The van der Waals surface area contributed by atoms with Crippen molar-refractivity contribution in [1.82, 2.24) is 9.62 Å². The number of sulfonamides is 1. The topological polar surface area (TPSA) is 145 Å². The van der Waals surface area contributed by atoms with Crippen LogP contribution in [0.25, 0.3) is 11.0 Å². The van der Waals surface area contributed by atoms with Crippen LogP contribution in [0.15, 0.2) is 105 Å².